The Morgan fingerprint density at radius 3 is 2.62 bits per heavy atom. The quantitative estimate of drug-likeness (QED) is 0.687. The van der Waals surface area contributed by atoms with Crippen molar-refractivity contribution in [2.45, 2.75) is 64.0 Å². The van der Waals surface area contributed by atoms with Gasteiger partial charge in [0.1, 0.15) is 0 Å². The molecule has 0 heterocycles. The van der Waals surface area contributed by atoms with Crippen molar-refractivity contribution in [2.75, 3.05) is 6.61 Å². The Kier molecular flexibility index (Phi) is 5.40. The van der Waals surface area contributed by atoms with E-state index < -0.39 is 0 Å². The average Bonchev–Trinajstić information content (AvgIpc) is 2.16. The van der Waals surface area contributed by atoms with Crippen molar-refractivity contribution < 1.29 is 5.11 Å². The highest BCUT2D eigenvalue weighted by Gasteiger charge is 2.14. The molecule has 0 amide bonds. The van der Waals surface area contributed by atoms with Gasteiger partial charge in [0.2, 0.25) is 0 Å². The molecule has 1 fully saturated rings. The number of aliphatic hydroxyl groups is 1. The van der Waals surface area contributed by atoms with Crippen molar-refractivity contribution in [3.8, 4) is 0 Å². The Bertz CT molecular complexity index is 121. The van der Waals surface area contributed by atoms with Gasteiger partial charge in [0.05, 0.1) is 0 Å². The van der Waals surface area contributed by atoms with Gasteiger partial charge < -0.3 is 10.4 Å². The third-order valence-electron chi connectivity index (χ3n) is 2.92. The van der Waals surface area contributed by atoms with Crippen molar-refractivity contribution in [1.29, 1.82) is 0 Å². The Morgan fingerprint density at radius 2 is 2.00 bits per heavy atom. The number of aliphatic hydroxyl groups excluding tert-OH is 1. The largest absolute Gasteiger partial charge is 0.396 e. The second kappa shape index (κ2) is 6.39. The lowest BCUT2D eigenvalue weighted by atomic mass is 9.94. The van der Waals surface area contributed by atoms with Crippen LogP contribution in [-0.4, -0.2) is 23.8 Å². The van der Waals surface area contributed by atoms with Crippen LogP contribution in [0.25, 0.3) is 0 Å². The third kappa shape index (κ3) is 4.63. The summed E-state index contributed by atoms with van der Waals surface area (Å²) in [6.45, 7) is 2.56. The molecule has 0 radical (unpaired) electrons. The van der Waals surface area contributed by atoms with E-state index in [1.807, 2.05) is 0 Å². The average molecular weight is 185 g/mol. The molecule has 2 nitrogen and oxygen atoms in total. The van der Waals surface area contributed by atoms with Gasteiger partial charge in [0.25, 0.3) is 0 Å². The van der Waals surface area contributed by atoms with E-state index in [1.165, 1.54) is 32.1 Å². The van der Waals surface area contributed by atoms with Crippen molar-refractivity contribution in [1.82, 2.24) is 5.32 Å². The van der Waals surface area contributed by atoms with E-state index in [0.29, 0.717) is 12.6 Å². The van der Waals surface area contributed by atoms with Crippen molar-refractivity contribution in [2.24, 2.45) is 0 Å². The summed E-state index contributed by atoms with van der Waals surface area (Å²) in [5.41, 5.74) is 0. The molecule has 13 heavy (non-hydrogen) atoms. The van der Waals surface area contributed by atoms with Crippen LogP contribution in [-0.2, 0) is 0 Å². The summed E-state index contributed by atoms with van der Waals surface area (Å²) in [7, 11) is 0. The Labute approximate surface area is 81.7 Å². The van der Waals surface area contributed by atoms with E-state index in [-0.39, 0.29) is 0 Å². The maximum absolute atomic E-state index is 8.69. The summed E-state index contributed by atoms with van der Waals surface area (Å²) >= 11 is 0. The van der Waals surface area contributed by atoms with Gasteiger partial charge in [-0.1, -0.05) is 19.3 Å². The van der Waals surface area contributed by atoms with Crippen LogP contribution in [0.1, 0.15) is 51.9 Å². The zero-order valence-electron chi connectivity index (χ0n) is 8.76. The molecule has 0 saturated heterocycles. The Balaban J connectivity index is 2.07. The summed E-state index contributed by atoms with van der Waals surface area (Å²) in [6.07, 6.45) is 8.94. The molecule has 1 saturated carbocycles. The second-order valence-corrected chi connectivity index (χ2v) is 4.27. The Morgan fingerprint density at radius 1 is 1.31 bits per heavy atom. The molecule has 2 heteroatoms. The molecule has 0 aromatic rings. The van der Waals surface area contributed by atoms with Gasteiger partial charge in [0.15, 0.2) is 0 Å². The molecule has 0 spiro atoms. The first kappa shape index (κ1) is 11.0. The highest BCUT2D eigenvalue weighted by atomic mass is 16.2. The predicted molar refractivity (Wildman–Crippen MR) is 55.8 cm³/mol. The SMILES string of the molecule is C[C@@H](CCCO)NC1CCCCC1. The summed E-state index contributed by atoms with van der Waals surface area (Å²) in [4.78, 5) is 0. The number of rotatable bonds is 5. The van der Waals surface area contributed by atoms with Crippen LogP contribution in [0.15, 0.2) is 0 Å². The zero-order chi connectivity index (χ0) is 9.52. The highest BCUT2D eigenvalue weighted by Crippen LogP contribution is 2.18. The molecule has 0 bridgehead atoms. The third-order valence-corrected chi connectivity index (χ3v) is 2.92. The fourth-order valence-electron chi connectivity index (χ4n) is 2.15. The molecule has 1 aliphatic rings. The molecular formula is C11H23NO. The normalized spacial score (nSPS) is 21.7. The van der Waals surface area contributed by atoms with Gasteiger partial charge in [-0.3, -0.25) is 0 Å². The van der Waals surface area contributed by atoms with Crippen LogP contribution in [0.5, 0.6) is 0 Å². The summed E-state index contributed by atoms with van der Waals surface area (Å²) < 4.78 is 0. The fraction of sp³-hybridized carbons (Fsp3) is 1.00. The molecule has 1 aliphatic carbocycles. The van der Waals surface area contributed by atoms with Gasteiger partial charge in [-0.05, 0) is 32.6 Å². The monoisotopic (exact) mass is 185 g/mol. The molecular weight excluding hydrogens is 162 g/mol. The minimum absolute atomic E-state index is 0.330. The molecule has 0 aromatic carbocycles. The smallest absolute Gasteiger partial charge is 0.0431 e. The molecule has 78 valence electrons. The maximum Gasteiger partial charge on any atom is 0.0431 e. The summed E-state index contributed by atoms with van der Waals surface area (Å²) in [6, 6.07) is 1.33. The Hall–Kier alpha value is -0.0800. The van der Waals surface area contributed by atoms with Gasteiger partial charge in [0, 0.05) is 18.7 Å². The van der Waals surface area contributed by atoms with Crippen LogP contribution >= 0.6 is 0 Å². The number of hydrogen-bond donors (Lipinski definition) is 2. The van der Waals surface area contributed by atoms with E-state index in [2.05, 4.69) is 12.2 Å². The van der Waals surface area contributed by atoms with Gasteiger partial charge in [-0.15, -0.1) is 0 Å². The first-order valence-electron chi connectivity index (χ1n) is 5.70. The molecule has 0 unspecified atom stereocenters. The standard InChI is InChI=1S/C11H23NO/c1-10(6-5-9-13)12-11-7-3-2-4-8-11/h10-13H,2-9H2,1H3/t10-/m0/s1. The molecule has 1 rings (SSSR count). The van der Waals surface area contributed by atoms with Gasteiger partial charge in [-0.25, -0.2) is 0 Å². The highest BCUT2D eigenvalue weighted by molar-refractivity contribution is 4.74. The minimum atomic E-state index is 0.330. The van der Waals surface area contributed by atoms with E-state index in [0.717, 1.165) is 18.9 Å². The van der Waals surface area contributed by atoms with E-state index in [4.69, 9.17) is 5.11 Å². The van der Waals surface area contributed by atoms with Crippen LogP contribution in [0.4, 0.5) is 0 Å². The van der Waals surface area contributed by atoms with E-state index in [1.54, 1.807) is 0 Å². The fourth-order valence-corrected chi connectivity index (χ4v) is 2.15. The summed E-state index contributed by atoms with van der Waals surface area (Å²) in [5.74, 6) is 0. The van der Waals surface area contributed by atoms with Crippen molar-refractivity contribution in [3.63, 3.8) is 0 Å². The molecule has 1 atom stereocenters. The van der Waals surface area contributed by atoms with Crippen molar-refractivity contribution >= 4 is 0 Å². The molecule has 0 aliphatic heterocycles. The topological polar surface area (TPSA) is 32.3 Å². The number of nitrogens with one attached hydrogen (secondary N) is 1. The van der Waals surface area contributed by atoms with Gasteiger partial charge >= 0.3 is 0 Å². The lowest BCUT2D eigenvalue weighted by Crippen LogP contribution is -2.37. The van der Waals surface area contributed by atoms with Crippen LogP contribution in [0.3, 0.4) is 0 Å². The first-order valence-corrected chi connectivity index (χ1v) is 5.70. The zero-order valence-corrected chi connectivity index (χ0v) is 8.76. The van der Waals surface area contributed by atoms with Gasteiger partial charge in [-0.2, -0.15) is 0 Å². The second-order valence-electron chi connectivity index (χ2n) is 4.27. The van der Waals surface area contributed by atoms with E-state index in [9.17, 15) is 0 Å². The lowest BCUT2D eigenvalue weighted by Gasteiger charge is -2.26. The van der Waals surface area contributed by atoms with Crippen LogP contribution < -0.4 is 5.32 Å². The van der Waals surface area contributed by atoms with E-state index >= 15 is 0 Å². The minimum Gasteiger partial charge on any atom is -0.396 e. The van der Waals surface area contributed by atoms with Crippen LogP contribution in [0, 0.1) is 0 Å². The number of hydrogen-bond acceptors (Lipinski definition) is 2. The molecule has 2 N–H and O–H groups in total. The lowest BCUT2D eigenvalue weighted by molar-refractivity contribution is 0.267. The van der Waals surface area contributed by atoms with Crippen molar-refractivity contribution in [3.05, 3.63) is 0 Å². The molecule has 0 aromatic heterocycles. The first-order chi connectivity index (χ1) is 6.33. The van der Waals surface area contributed by atoms with Crippen LogP contribution in [0.2, 0.25) is 0 Å². The summed E-state index contributed by atoms with van der Waals surface area (Å²) in [5, 5.41) is 12.3. The predicted octanol–water partition coefficient (Wildman–Crippen LogP) is 2.07. The maximum atomic E-state index is 8.69.